The molecule has 1 aliphatic rings. The van der Waals surface area contributed by atoms with E-state index in [2.05, 4.69) is 12.2 Å². The van der Waals surface area contributed by atoms with Crippen LogP contribution in [-0.4, -0.2) is 56.8 Å². The molecule has 5 nitrogen and oxygen atoms in total. The molecule has 1 unspecified atom stereocenters. The highest BCUT2D eigenvalue weighted by molar-refractivity contribution is 5.77. The minimum atomic E-state index is 0.0333. The summed E-state index contributed by atoms with van der Waals surface area (Å²) in [7, 11) is 3.51. The van der Waals surface area contributed by atoms with Gasteiger partial charge >= 0.3 is 0 Å². The van der Waals surface area contributed by atoms with E-state index >= 15 is 0 Å². The number of amides is 1. The van der Waals surface area contributed by atoms with Crippen LogP contribution in [0.5, 0.6) is 5.75 Å². The van der Waals surface area contributed by atoms with Crippen LogP contribution in [-0.2, 0) is 16.0 Å². The molecule has 1 aromatic rings. The van der Waals surface area contributed by atoms with Crippen LogP contribution in [0.3, 0.4) is 0 Å². The summed E-state index contributed by atoms with van der Waals surface area (Å²) in [5.74, 6) is 0.900. The topological polar surface area (TPSA) is 50.8 Å². The number of nitrogens with one attached hydrogen (secondary N) is 1. The predicted molar refractivity (Wildman–Crippen MR) is 90.8 cm³/mol. The van der Waals surface area contributed by atoms with Crippen LogP contribution < -0.4 is 10.1 Å². The predicted octanol–water partition coefficient (Wildman–Crippen LogP) is 1.85. The van der Waals surface area contributed by atoms with Crippen molar-refractivity contribution >= 4 is 5.91 Å². The lowest BCUT2D eigenvalue weighted by Gasteiger charge is -2.28. The molecule has 0 bridgehead atoms. The molecule has 0 radical (unpaired) electrons. The second-order valence-electron chi connectivity index (χ2n) is 6.13. The smallest absolute Gasteiger partial charge is 0.248 e. The zero-order valence-electron chi connectivity index (χ0n) is 14.4. The molecule has 1 saturated heterocycles. The van der Waals surface area contributed by atoms with Gasteiger partial charge in [-0.15, -0.1) is 0 Å². The van der Waals surface area contributed by atoms with Gasteiger partial charge in [0.25, 0.3) is 0 Å². The molecule has 0 aliphatic carbocycles. The summed E-state index contributed by atoms with van der Waals surface area (Å²) in [5.41, 5.74) is 1.11. The highest BCUT2D eigenvalue weighted by atomic mass is 16.5. The Bertz CT molecular complexity index is 501. The molecule has 1 aliphatic heterocycles. The molecule has 5 heteroatoms. The Hall–Kier alpha value is -1.59. The van der Waals surface area contributed by atoms with Crippen molar-refractivity contribution in [2.24, 2.45) is 0 Å². The Morgan fingerprint density at radius 2 is 2.04 bits per heavy atom. The van der Waals surface area contributed by atoms with Gasteiger partial charge in [0.1, 0.15) is 12.4 Å². The van der Waals surface area contributed by atoms with Gasteiger partial charge in [-0.25, -0.2) is 0 Å². The number of benzene rings is 1. The maximum atomic E-state index is 12.3. The molecule has 1 atom stereocenters. The second kappa shape index (κ2) is 8.89. The van der Waals surface area contributed by atoms with Crippen molar-refractivity contribution in [3.8, 4) is 5.75 Å². The number of nitrogens with zero attached hydrogens (tertiary/aromatic N) is 1. The Morgan fingerprint density at radius 1 is 1.35 bits per heavy atom. The lowest BCUT2D eigenvalue weighted by atomic mass is 10.1. The lowest BCUT2D eigenvalue weighted by molar-refractivity contribution is -0.139. The molecule has 1 N–H and O–H groups in total. The second-order valence-corrected chi connectivity index (χ2v) is 6.13. The van der Waals surface area contributed by atoms with E-state index in [9.17, 15) is 4.79 Å². The van der Waals surface area contributed by atoms with Crippen LogP contribution in [0.4, 0.5) is 0 Å². The van der Waals surface area contributed by atoms with Crippen molar-refractivity contribution in [1.82, 2.24) is 10.2 Å². The first-order valence-electron chi connectivity index (χ1n) is 8.31. The summed E-state index contributed by atoms with van der Waals surface area (Å²) in [5, 5.41) is 3.29. The molecular formula is C18H28N2O3. The molecule has 128 valence electrons. The van der Waals surface area contributed by atoms with E-state index in [-0.39, 0.29) is 24.7 Å². The lowest BCUT2D eigenvalue weighted by Crippen LogP contribution is -2.40. The first-order chi connectivity index (χ1) is 11.1. The van der Waals surface area contributed by atoms with Gasteiger partial charge < -0.3 is 19.7 Å². The number of hydrogen-bond acceptors (Lipinski definition) is 4. The monoisotopic (exact) mass is 320 g/mol. The Morgan fingerprint density at radius 3 is 2.74 bits per heavy atom. The largest absolute Gasteiger partial charge is 0.496 e. The number of carbonyl (C=O) groups is 1. The maximum absolute atomic E-state index is 12.3. The van der Waals surface area contributed by atoms with Crippen LogP contribution in [0.1, 0.15) is 25.3 Å². The highest BCUT2D eigenvalue weighted by Crippen LogP contribution is 2.20. The SMILES string of the molecule is COc1ccccc1CC(C)N(C)C(=O)COC1CCNCC1. The number of hydrogen-bond donors (Lipinski definition) is 1. The van der Waals surface area contributed by atoms with Gasteiger partial charge in [0.05, 0.1) is 13.2 Å². The molecule has 2 rings (SSSR count). The fourth-order valence-corrected chi connectivity index (χ4v) is 2.83. The summed E-state index contributed by atoms with van der Waals surface area (Å²) in [6, 6.07) is 8.03. The van der Waals surface area contributed by atoms with Crippen LogP contribution in [0, 0.1) is 0 Å². The summed E-state index contributed by atoms with van der Waals surface area (Å²) in [6.07, 6.45) is 2.93. The van der Waals surface area contributed by atoms with E-state index in [1.807, 2.05) is 31.3 Å². The van der Waals surface area contributed by atoms with Crippen LogP contribution in [0.25, 0.3) is 0 Å². The number of likely N-dealkylation sites (N-methyl/N-ethyl adjacent to an activating group) is 1. The maximum Gasteiger partial charge on any atom is 0.248 e. The molecule has 0 saturated carbocycles. The van der Waals surface area contributed by atoms with Crippen LogP contribution in [0.2, 0.25) is 0 Å². The van der Waals surface area contributed by atoms with E-state index < -0.39 is 0 Å². The van der Waals surface area contributed by atoms with E-state index in [1.54, 1.807) is 12.0 Å². The van der Waals surface area contributed by atoms with Crippen LogP contribution in [0.15, 0.2) is 24.3 Å². The number of piperidine rings is 1. The Balaban J connectivity index is 1.83. The number of methoxy groups -OCH3 is 1. The molecule has 1 fully saturated rings. The van der Waals surface area contributed by atoms with E-state index in [0.717, 1.165) is 43.7 Å². The normalized spacial score (nSPS) is 16.8. The molecule has 23 heavy (non-hydrogen) atoms. The van der Waals surface area contributed by atoms with E-state index in [4.69, 9.17) is 9.47 Å². The number of carbonyl (C=O) groups excluding carboxylic acids is 1. The molecule has 1 heterocycles. The quantitative estimate of drug-likeness (QED) is 0.833. The highest BCUT2D eigenvalue weighted by Gasteiger charge is 2.20. The minimum absolute atomic E-state index is 0.0333. The summed E-state index contributed by atoms with van der Waals surface area (Å²) in [4.78, 5) is 14.1. The molecule has 0 spiro atoms. The standard InChI is InChI=1S/C18H28N2O3/c1-14(12-15-6-4-5-7-17(15)22-3)20(2)18(21)13-23-16-8-10-19-11-9-16/h4-7,14,16,19H,8-13H2,1-3H3. The van der Waals surface area contributed by atoms with Crippen molar-refractivity contribution < 1.29 is 14.3 Å². The van der Waals surface area contributed by atoms with Crippen molar-refractivity contribution in [2.75, 3.05) is 33.9 Å². The van der Waals surface area contributed by atoms with Gasteiger partial charge in [0.2, 0.25) is 5.91 Å². The third-order valence-corrected chi connectivity index (χ3v) is 4.49. The molecule has 0 aromatic heterocycles. The number of rotatable bonds is 7. The van der Waals surface area contributed by atoms with Crippen molar-refractivity contribution in [3.63, 3.8) is 0 Å². The molecule has 1 amide bonds. The molecular weight excluding hydrogens is 292 g/mol. The van der Waals surface area contributed by atoms with Gasteiger partial charge in [-0.1, -0.05) is 18.2 Å². The van der Waals surface area contributed by atoms with Crippen molar-refractivity contribution in [2.45, 2.75) is 38.3 Å². The van der Waals surface area contributed by atoms with Crippen molar-refractivity contribution in [3.05, 3.63) is 29.8 Å². The summed E-state index contributed by atoms with van der Waals surface area (Å²) < 4.78 is 11.1. The van der Waals surface area contributed by atoms with Gasteiger partial charge in [-0.2, -0.15) is 0 Å². The number of ether oxygens (including phenoxy) is 2. The third kappa shape index (κ3) is 5.22. The zero-order valence-corrected chi connectivity index (χ0v) is 14.4. The minimum Gasteiger partial charge on any atom is -0.496 e. The van der Waals surface area contributed by atoms with E-state index in [0.29, 0.717) is 0 Å². The van der Waals surface area contributed by atoms with Crippen LogP contribution >= 0.6 is 0 Å². The first-order valence-corrected chi connectivity index (χ1v) is 8.31. The Kier molecular flexibility index (Phi) is 6.86. The van der Waals surface area contributed by atoms with Gasteiger partial charge in [0.15, 0.2) is 0 Å². The van der Waals surface area contributed by atoms with Crippen molar-refractivity contribution in [1.29, 1.82) is 0 Å². The average Bonchev–Trinajstić information content (AvgIpc) is 2.60. The molecule has 1 aromatic carbocycles. The number of para-hydroxylation sites is 1. The van der Waals surface area contributed by atoms with Gasteiger partial charge in [-0.3, -0.25) is 4.79 Å². The Labute approximate surface area is 139 Å². The summed E-state index contributed by atoms with van der Waals surface area (Å²) in [6.45, 7) is 4.16. The third-order valence-electron chi connectivity index (χ3n) is 4.49. The first kappa shape index (κ1) is 17.8. The average molecular weight is 320 g/mol. The van der Waals surface area contributed by atoms with Gasteiger partial charge in [-0.05, 0) is 50.9 Å². The zero-order chi connectivity index (χ0) is 16.7. The fourth-order valence-electron chi connectivity index (χ4n) is 2.83. The summed E-state index contributed by atoms with van der Waals surface area (Å²) >= 11 is 0. The fraction of sp³-hybridized carbons (Fsp3) is 0.611. The van der Waals surface area contributed by atoms with Gasteiger partial charge in [0, 0.05) is 13.1 Å². The van der Waals surface area contributed by atoms with E-state index in [1.165, 1.54) is 0 Å².